The number of benzene rings is 18. The fourth-order valence-electron chi connectivity index (χ4n) is 18.8. The molecule has 126 heavy (non-hydrogen) atoms. The van der Waals surface area contributed by atoms with Crippen molar-refractivity contribution < 1.29 is 8.83 Å². The topological polar surface area (TPSA) is 118 Å². The van der Waals surface area contributed by atoms with Gasteiger partial charge in [0.05, 0.1) is 72.1 Å². The van der Waals surface area contributed by atoms with Gasteiger partial charge in [-0.25, -0.2) is 29.9 Å². The van der Waals surface area contributed by atoms with Crippen molar-refractivity contribution in [3.63, 3.8) is 0 Å². The number of thiophene rings is 1. The first-order valence-corrected chi connectivity index (χ1v) is 43.1. The zero-order chi connectivity index (χ0) is 82.9. The molecule has 0 saturated carbocycles. The molecule has 0 aliphatic rings. The summed E-state index contributed by atoms with van der Waals surface area (Å²) in [6, 6.07) is 146. The number of rotatable bonds is 9. The second-order valence-corrected chi connectivity index (χ2v) is 33.0. The van der Waals surface area contributed by atoms with Gasteiger partial charge in [0.1, 0.15) is 22.3 Å². The van der Waals surface area contributed by atoms with Crippen LogP contribution in [0.25, 0.3) is 247 Å². The molecule has 0 aliphatic heterocycles. The van der Waals surface area contributed by atoms with Gasteiger partial charge in [-0.1, -0.05) is 291 Å². The largest absolute Gasteiger partial charge is 0.456 e. The molecule has 0 fully saturated rings. The van der Waals surface area contributed by atoms with Crippen molar-refractivity contribution in [2.45, 2.75) is 0 Å². The highest BCUT2D eigenvalue weighted by Gasteiger charge is 2.25. The molecular formula is C114H69N9O2S. The molecule has 9 aromatic heterocycles. The Hall–Kier alpha value is -16.8. The van der Waals surface area contributed by atoms with Crippen LogP contribution in [0.15, 0.2) is 427 Å². The first kappa shape index (κ1) is 72.1. The van der Waals surface area contributed by atoms with Crippen LogP contribution in [-0.2, 0) is 0 Å². The molecule has 18 aromatic carbocycles. The number of para-hydroxylation sites is 5. The molecule has 0 N–H and O–H groups in total. The van der Waals surface area contributed by atoms with Crippen molar-refractivity contribution in [3.05, 3.63) is 419 Å². The molecule has 0 spiro atoms. The maximum absolute atomic E-state index is 6.49. The van der Waals surface area contributed by atoms with E-state index < -0.39 is 0 Å². The fraction of sp³-hybridized carbons (Fsp3) is 0. The summed E-state index contributed by atoms with van der Waals surface area (Å²) in [5.41, 5.74) is 25.4. The van der Waals surface area contributed by atoms with E-state index in [1.807, 2.05) is 108 Å². The minimum Gasteiger partial charge on any atom is -0.456 e. The van der Waals surface area contributed by atoms with Crippen LogP contribution in [0.4, 0.5) is 0 Å². The average Bonchev–Trinajstić information content (AvgIpc) is 1.57. The summed E-state index contributed by atoms with van der Waals surface area (Å²) in [6.45, 7) is 0. The predicted molar refractivity (Wildman–Crippen MR) is 522 cm³/mol. The van der Waals surface area contributed by atoms with E-state index in [4.69, 9.17) is 38.7 Å². The third-order valence-electron chi connectivity index (χ3n) is 24.6. The van der Waals surface area contributed by atoms with E-state index in [1.54, 1.807) is 0 Å². The molecular weight excluding hydrogens is 1560 g/mol. The van der Waals surface area contributed by atoms with Gasteiger partial charge in [0.25, 0.3) is 0 Å². The molecule has 0 radical (unpaired) electrons. The normalized spacial score (nSPS) is 11.8. The molecule has 0 unspecified atom stereocenters. The molecule has 9 heterocycles. The van der Waals surface area contributed by atoms with E-state index in [-0.39, 0.29) is 0 Å². The lowest BCUT2D eigenvalue weighted by Crippen LogP contribution is -1.98. The Balaban J connectivity index is 0.000000103. The predicted octanol–water partition coefficient (Wildman–Crippen LogP) is 30.3. The third kappa shape index (κ3) is 12.0. The van der Waals surface area contributed by atoms with E-state index in [2.05, 4.69) is 335 Å². The number of furan rings is 2. The molecule has 0 aliphatic carbocycles. The second-order valence-electron chi connectivity index (χ2n) is 31.9. The molecule has 27 aromatic rings. The van der Waals surface area contributed by atoms with Crippen LogP contribution in [-0.4, -0.2) is 43.6 Å². The summed E-state index contributed by atoms with van der Waals surface area (Å²) in [5, 5.41) is 17.4. The third-order valence-corrected chi connectivity index (χ3v) is 25.7. The van der Waals surface area contributed by atoms with Crippen molar-refractivity contribution in [2.75, 3.05) is 0 Å². The van der Waals surface area contributed by atoms with E-state index in [9.17, 15) is 0 Å². The van der Waals surface area contributed by atoms with Gasteiger partial charge in [-0.3, -0.25) is 0 Å². The zero-order valence-electron chi connectivity index (χ0n) is 67.6. The van der Waals surface area contributed by atoms with Crippen molar-refractivity contribution >= 4 is 174 Å². The van der Waals surface area contributed by atoms with E-state index in [0.29, 0.717) is 0 Å². The smallest absolute Gasteiger partial charge is 0.160 e. The van der Waals surface area contributed by atoms with Gasteiger partial charge in [0.2, 0.25) is 0 Å². The van der Waals surface area contributed by atoms with Crippen molar-refractivity contribution in [1.82, 2.24) is 43.6 Å². The van der Waals surface area contributed by atoms with Crippen LogP contribution < -0.4 is 0 Å². The SMILES string of the molecule is c1ccc(-c2nc(-c3ccccc3)c3cc(-n4c5ccccc5c5c6oc7ccccc7c6ccc54)ccc3n2)cc1.c1ccc(-c2nc(-c3ccccc3)c3cc(-n4c5ccccc5c5cc6c(cc54)oc4ccccc46)ccc3n2)cc1.c1ccc(-c2nc(-c3ccccc3)c3cc(-n4c5ccccc5c5cc6c(cc54)sc4ccccc46)ccc3n2)cc1. The van der Waals surface area contributed by atoms with Crippen LogP contribution in [0, 0.1) is 0 Å². The van der Waals surface area contributed by atoms with Crippen molar-refractivity contribution in [3.8, 4) is 85.0 Å². The Morgan fingerprint density at radius 2 is 0.548 bits per heavy atom. The van der Waals surface area contributed by atoms with Crippen LogP contribution in [0.3, 0.4) is 0 Å². The lowest BCUT2D eigenvalue weighted by atomic mass is 10.0. The van der Waals surface area contributed by atoms with Gasteiger partial charge in [0.15, 0.2) is 17.5 Å². The van der Waals surface area contributed by atoms with Crippen LogP contribution >= 0.6 is 11.3 Å². The van der Waals surface area contributed by atoms with E-state index >= 15 is 0 Å². The zero-order valence-corrected chi connectivity index (χ0v) is 68.4. The number of hydrogen-bond acceptors (Lipinski definition) is 9. The number of hydrogen-bond donors (Lipinski definition) is 0. The Labute approximate surface area is 724 Å². The van der Waals surface area contributed by atoms with Crippen molar-refractivity contribution in [2.24, 2.45) is 0 Å². The van der Waals surface area contributed by atoms with Crippen LogP contribution in [0.1, 0.15) is 0 Å². The molecule has 0 bridgehead atoms. The molecule has 588 valence electrons. The van der Waals surface area contributed by atoms with Gasteiger partial charge in [0, 0.05) is 141 Å². The van der Waals surface area contributed by atoms with Crippen LogP contribution in [0.2, 0.25) is 0 Å². The Kier molecular flexibility index (Phi) is 16.9. The second kappa shape index (κ2) is 29.5. The lowest BCUT2D eigenvalue weighted by Gasteiger charge is -2.13. The van der Waals surface area contributed by atoms with Crippen molar-refractivity contribution in [1.29, 1.82) is 0 Å². The first-order chi connectivity index (χ1) is 62.5. The molecule has 11 nitrogen and oxygen atoms in total. The van der Waals surface area contributed by atoms with Gasteiger partial charge in [-0.2, -0.15) is 0 Å². The van der Waals surface area contributed by atoms with Gasteiger partial charge in [-0.15, -0.1) is 11.3 Å². The van der Waals surface area contributed by atoms with Gasteiger partial charge in [-0.05, 0) is 121 Å². The highest BCUT2D eigenvalue weighted by atomic mass is 32.1. The quantitative estimate of drug-likeness (QED) is 0.140. The van der Waals surface area contributed by atoms with E-state index in [1.165, 1.54) is 52.8 Å². The summed E-state index contributed by atoms with van der Waals surface area (Å²) in [6.07, 6.45) is 0. The summed E-state index contributed by atoms with van der Waals surface area (Å²) < 4.78 is 22.5. The van der Waals surface area contributed by atoms with Crippen LogP contribution in [0.5, 0.6) is 0 Å². The Morgan fingerprint density at radius 3 is 1.02 bits per heavy atom. The fourth-order valence-corrected chi connectivity index (χ4v) is 19.9. The molecule has 12 heteroatoms. The average molecular weight is 1630 g/mol. The monoisotopic (exact) mass is 1630 g/mol. The minimum atomic E-state index is 0.721. The summed E-state index contributed by atoms with van der Waals surface area (Å²) >= 11 is 1.86. The molecule has 27 rings (SSSR count). The lowest BCUT2D eigenvalue weighted by molar-refractivity contribution is 0.669. The molecule has 0 atom stereocenters. The molecule has 0 amide bonds. The highest BCUT2D eigenvalue weighted by Crippen LogP contribution is 2.46. The summed E-state index contributed by atoms with van der Waals surface area (Å²) in [5.74, 6) is 2.18. The maximum Gasteiger partial charge on any atom is 0.160 e. The van der Waals surface area contributed by atoms with Gasteiger partial charge >= 0.3 is 0 Å². The minimum absolute atomic E-state index is 0.721. The summed E-state index contributed by atoms with van der Waals surface area (Å²) in [4.78, 5) is 30.4. The first-order valence-electron chi connectivity index (χ1n) is 42.3. The number of fused-ring (bicyclic) bond motifs is 22. The number of aromatic nitrogens is 9. The standard InChI is InChI=1S/2C38H23N3O.C38H23N3S/c1-3-11-24(12-4-1)36-30-23-26(19-21-31(30)39-38(40-36)25-13-5-2-6-14-25)41-32-17-9-7-16-29(32)35-33(41)22-20-28-27-15-8-10-18-34(27)42-37(28)35;2*1-3-11-24(12-4-1)37-31-21-26(19-20-32(31)39-38(40-37)25-13-5-2-6-14-25)41-33-17-9-7-15-27(33)29-22-30-28-16-8-10-18-35(28)42-36(30)23-34(29)41/h3*1-23H. The summed E-state index contributed by atoms with van der Waals surface area (Å²) in [7, 11) is 0. The highest BCUT2D eigenvalue weighted by molar-refractivity contribution is 7.25. The van der Waals surface area contributed by atoms with Gasteiger partial charge < -0.3 is 22.5 Å². The van der Waals surface area contributed by atoms with E-state index in [0.717, 1.165) is 194 Å². The Bertz CT molecular complexity index is 8440. The Morgan fingerprint density at radius 1 is 0.190 bits per heavy atom. The molecule has 0 saturated heterocycles. The number of nitrogens with zero attached hydrogens (tertiary/aromatic N) is 9. The maximum atomic E-state index is 6.49.